The Morgan fingerprint density at radius 3 is 2.96 bits per heavy atom. The zero-order valence-electron chi connectivity index (χ0n) is 13.5. The van der Waals surface area contributed by atoms with Crippen molar-refractivity contribution in [3.63, 3.8) is 0 Å². The van der Waals surface area contributed by atoms with Crippen LogP contribution in [0.5, 0.6) is 5.75 Å². The first-order valence-electron chi connectivity index (χ1n) is 7.13. The molecule has 0 fully saturated rings. The van der Waals surface area contributed by atoms with Gasteiger partial charge in [0.25, 0.3) is 0 Å². The van der Waals surface area contributed by atoms with Crippen LogP contribution in [0, 0.1) is 0 Å². The van der Waals surface area contributed by atoms with E-state index in [1.165, 1.54) is 11.3 Å². The number of nitrogens with zero attached hydrogens (tertiary/aromatic N) is 2. The number of thioether (sulfide) groups is 1. The molecule has 0 aliphatic carbocycles. The maximum absolute atomic E-state index is 11.9. The molecule has 0 saturated carbocycles. The van der Waals surface area contributed by atoms with Gasteiger partial charge in [-0.1, -0.05) is 23.5 Å². The number of nitrogens with two attached hydrogens (primary N) is 1. The van der Waals surface area contributed by atoms with E-state index in [-0.39, 0.29) is 18.3 Å². The van der Waals surface area contributed by atoms with Crippen molar-refractivity contribution in [2.75, 3.05) is 24.4 Å². The quantitative estimate of drug-likeness (QED) is 0.722. The Morgan fingerprint density at radius 1 is 1.46 bits per heavy atom. The zero-order chi connectivity index (χ0) is 16.7. The number of nitrogens with one attached hydrogen (secondary N) is 1. The topological polar surface area (TPSA) is 90.1 Å². The van der Waals surface area contributed by atoms with Crippen LogP contribution < -0.4 is 15.8 Å². The Hall–Kier alpha value is -1.35. The van der Waals surface area contributed by atoms with Crippen molar-refractivity contribution < 1.29 is 9.53 Å². The van der Waals surface area contributed by atoms with Gasteiger partial charge in [-0.15, -0.1) is 22.6 Å². The summed E-state index contributed by atoms with van der Waals surface area (Å²) in [6.45, 7) is 0. The monoisotopic (exact) mass is 388 g/mol. The predicted octanol–water partition coefficient (Wildman–Crippen LogP) is 2.58. The van der Waals surface area contributed by atoms with Gasteiger partial charge in [-0.25, -0.2) is 0 Å². The maximum atomic E-state index is 11.9. The molecule has 0 aliphatic rings. The third kappa shape index (κ3) is 6.27. The van der Waals surface area contributed by atoms with Crippen LogP contribution >= 0.6 is 35.5 Å². The van der Waals surface area contributed by atoms with Gasteiger partial charge in [0.1, 0.15) is 10.8 Å². The van der Waals surface area contributed by atoms with E-state index in [9.17, 15) is 4.79 Å². The predicted molar refractivity (Wildman–Crippen MR) is 103 cm³/mol. The molecule has 1 amide bonds. The molecule has 2 rings (SSSR count). The highest BCUT2D eigenvalue weighted by Crippen LogP contribution is 2.21. The van der Waals surface area contributed by atoms with Gasteiger partial charge in [-0.3, -0.25) is 10.1 Å². The summed E-state index contributed by atoms with van der Waals surface area (Å²) in [6.07, 6.45) is 3.27. The van der Waals surface area contributed by atoms with E-state index in [0.717, 1.165) is 22.1 Å². The zero-order valence-corrected chi connectivity index (χ0v) is 16.0. The van der Waals surface area contributed by atoms with Crippen molar-refractivity contribution in [2.45, 2.75) is 18.9 Å². The molecule has 24 heavy (non-hydrogen) atoms. The first-order valence-corrected chi connectivity index (χ1v) is 9.34. The fourth-order valence-electron chi connectivity index (χ4n) is 1.91. The van der Waals surface area contributed by atoms with Crippen molar-refractivity contribution in [3.8, 4) is 5.75 Å². The average Bonchev–Trinajstić information content (AvgIpc) is 2.99. The summed E-state index contributed by atoms with van der Waals surface area (Å²) in [4.78, 5) is 11.9. The van der Waals surface area contributed by atoms with Crippen LogP contribution in [0.15, 0.2) is 24.3 Å². The molecule has 0 aliphatic heterocycles. The van der Waals surface area contributed by atoms with Crippen LogP contribution in [-0.4, -0.2) is 41.3 Å². The normalized spacial score (nSPS) is 11.5. The van der Waals surface area contributed by atoms with Gasteiger partial charge in [0.15, 0.2) is 0 Å². The highest BCUT2D eigenvalue weighted by atomic mass is 35.5. The number of carbonyl (C=O) groups excluding carboxylic acids is 1. The molecule has 0 saturated heterocycles. The number of amides is 1. The van der Waals surface area contributed by atoms with E-state index in [1.807, 2.05) is 30.5 Å². The van der Waals surface area contributed by atoms with Crippen molar-refractivity contribution in [3.05, 3.63) is 34.8 Å². The van der Waals surface area contributed by atoms with Gasteiger partial charge in [-0.2, -0.15) is 11.8 Å². The van der Waals surface area contributed by atoms with E-state index in [2.05, 4.69) is 15.5 Å². The molecular weight excluding hydrogens is 368 g/mol. The first kappa shape index (κ1) is 20.7. The lowest BCUT2D eigenvalue weighted by molar-refractivity contribution is -0.117. The van der Waals surface area contributed by atoms with Gasteiger partial charge < -0.3 is 10.5 Å². The van der Waals surface area contributed by atoms with E-state index < -0.39 is 6.04 Å². The number of halogens is 1. The average molecular weight is 389 g/mol. The summed E-state index contributed by atoms with van der Waals surface area (Å²) in [5, 5.41) is 12.1. The second kappa shape index (κ2) is 10.5. The molecule has 1 atom stereocenters. The minimum Gasteiger partial charge on any atom is -0.497 e. The first-order chi connectivity index (χ1) is 11.1. The van der Waals surface area contributed by atoms with Crippen molar-refractivity contribution in [2.24, 2.45) is 5.73 Å². The SMILES string of the molecule is COc1cccc(Cc2nnc(NC(=O)[C@@H](N)CCSC)s2)c1.Cl. The number of ether oxygens (including phenoxy) is 1. The molecule has 0 spiro atoms. The summed E-state index contributed by atoms with van der Waals surface area (Å²) in [5.41, 5.74) is 6.91. The molecule has 1 aromatic carbocycles. The van der Waals surface area contributed by atoms with Crippen LogP contribution in [-0.2, 0) is 11.2 Å². The second-order valence-corrected chi connectivity index (χ2v) is 6.95. The summed E-state index contributed by atoms with van der Waals surface area (Å²) in [6, 6.07) is 7.26. The largest absolute Gasteiger partial charge is 0.497 e. The lowest BCUT2D eigenvalue weighted by Gasteiger charge is -2.08. The maximum Gasteiger partial charge on any atom is 0.243 e. The highest BCUT2D eigenvalue weighted by molar-refractivity contribution is 7.98. The Morgan fingerprint density at radius 2 is 2.25 bits per heavy atom. The Balaban J connectivity index is 0.00000288. The van der Waals surface area contributed by atoms with Crippen molar-refractivity contribution in [1.82, 2.24) is 10.2 Å². The molecule has 3 N–H and O–H groups in total. The molecule has 1 heterocycles. The number of methoxy groups -OCH3 is 1. The fraction of sp³-hybridized carbons (Fsp3) is 0.400. The number of rotatable bonds is 8. The van der Waals surface area contributed by atoms with E-state index in [1.54, 1.807) is 18.9 Å². The number of aromatic nitrogens is 2. The molecular formula is C15H21ClN4O2S2. The lowest BCUT2D eigenvalue weighted by Crippen LogP contribution is -2.36. The van der Waals surface area contributed by atoms with Gasteiger partial charge in [0.05, 0.1) is 13.2 Å². The van der Waals surface area contributed by atoms with E-state index >= 15 is 0 Å². The lowest BCUT2D eigenvalue weighted by atomic mass is 10.1. The summed E-state index contributed by atoms with van der Waals surface area (Å²) in [7, 11) is 1.64. The Bertz CT molecular complexity index is 654. The Kier molecular flexibility index (Phi) is 9.05. The summed E-state index contributed by atoms with van der Waals surface area (Å²) >= 11 is 3.02. The van der Waals surface area contributed by atoms with Crippen LogP contribution in [0.1, 0.15) is 17.0 Å². The molecule has 132 valence electrons. The minimum absolute atomic E-state index is 0. The smallest absolute Gasteiger partial charge is 0.243 e. The number of hydrogen-bond acceptors (Lipinski definition) is 7. The minimum atomic E-state index is -0.520. The van der Waals surface area contributed by atoms with Gasteiger partial charge in [-0.05, 0) is 36.1 Å². The van der Waals surface area contributed by atoms with E-state index in [0.29, 0.717) is 18.0 Å². The van der Waals surface area contributed by atoms with Crippen LogP contribution in [0.25, 0.3) is 0 Å². The van der Waals surface area contributed by atoms with Gasteiger partial charge in [0, 0.05) is 6.42 Å². The number of benzene rings is 1. The highest BCUT2D eigenvalue weighted by Gasteiger charge is 2.15. The molecule has 0 radical (unpaired) electrons. The van der Waals surface area contributed by atoms with Crippen LogP contribution in [0.3, 0.4) is 0 Å². The third-order valence-electron chi connectivity index (χ3n) is 3.16. The van der Waals surface area contributed by atoms with Gasteiger partial charge in [0.2, 0.25) is 11.0 Å². The third-order valence-corrected chi connectivity index (χ3v) is 4.64. The molecule has 0 unspecified atom stereocenters. The number of hydrogen-bond donors (Lipinski definition) is 2. The Labute approximate surface area is 156 Å². The molecule has 9 heteroatoms. The second-order valence-electron chi connectivity index (χ2n) is 4.91. The number of carbonyl (C=O) groups is 1. The molecule has 1 aromatic heterocycles. The standard InChI is InChI=1S/C15H20N4O2S2.ClH/c1-21-11-5-3-4-10(8-11)9-13-18-19-15(23-13)17-14(20)12(16)6-7-22-2;/h3-5,8,12H,6-7,9,16H2,1-2H3,(H,17,19,20);1H/t12-;/m0./s1. The number of anilines is 1. The summed E-state index contributed by atoms with van der Waals surface area (Å²) < 4.78 is 5.20. The molecule has 0 bridgehead atoms. The van der Waals surface area contributed by atoms with Crippen LogP contribution in [0.4, 0.5) is 5.13 Å². The molecule has 2 aromatic rings. The summed E-state index contributed by atoms with van der Waals surface area (Å²) in [5.74, 6) is 1.44. The van der Waals surface area contributed by atoms with Crippen molar-refractivity contribution in [1.29, 1.82) is 0 Å². The van der Waals surface area contributed by atoms with Crippen molar-refractivity contribution >= 4 is 46.5 Å². The molecule has 6 nitrogen and oxygen atoms in total. The fourth-order valence-corrected chi connectivity index (χ4v) is 3.17. The van der Waals surface area contributed by atoms with Gasteiger partial charge >= 0.3 is 0 Å². The van der Waals surface area contributed by atoms with Crippen LogP contribution in [0.2, 0.25) is 0 Å². The van der Waals surface area contributed by atoms with E-state index in [4.69, 9.17) is 10.5 Å².